The summed E-state index contributed by atoms with van der Waals surface area (Å²) in [7, 11) is 0. The van der Waals surface area contributed by atoms with Crippen LogP contribution in [0.25, 0.3) is 0 Å². The molecule has 130 valence electrons. The van der Waals surface area contributed by atoms with Gasteiger partial charge in [0.2, 0.25) is 11.8 Å². The molecule has 0 saturated carbocycles. The fraction of sp³-hybridized carbons (Fsp3) is 0.579. The van der Waals surface area contributed by atoms with E-state index in [4.69, 9.17) is 5.73 Å². The number of carbonyl (C=O) groups is 2. The third kappa shape index (κ3) is 3.18. The number of nitrogens with two attached hydrogens (primary N) is 1. The number of carbonyl (C=O) groups excluding carboxylic acids is 2. The zero-order valence-electron chi connectivity index (χ0n) is 14.8. The molecule has 2 aliphatic heterocycles. The number of benzene rings is 1. The van der Waals surface area contributed by atoms with Crippen molar-refractivity contribution in [3.63, 3.8) is 0 Å². The Balaban J connectivity index is 1.78. The summed E-state index contributed by atoms with van der Waals surface area (Å²) >= 11 is 0. The lowest BCUT2D eigenvalue weighted by molar-refractivity contribution is -0.136. The summed E-state index contributed by atoms with van der Waals surface area (Å²) in [5.74, 6) is -0.115. The second kappa shape index (κ2) is 6.55. The normalized spacial score (nSPS) is 24.6. The number of likely N-dealkylation sites (tertiary alicyclic amines) is 1. The second-order valence-corrected chi connectivity index (χ2v) is 7.34. The van der Waals surface area contributed by atoms with Gasteiger partial charge in [-0.05, 0) is 44.7 Å². The molecule has 24 heavy (non-hydrogen) atoms. The Bertz CT molecular complexity index is 648. The summed E-state index contributed by atoms with van der Waals surface area (Å²) in [6, 6.07) is 4.25. The van der Waals surface area contributed by atoms with Gasteiger partial charge < -0.3 is 15.5 Å². The van der Waals surface area contributed by atoms with E-state index in [1.54, 1.807) is 4.90 Å². The average molecular weight is 329 g/mol. The van der Waals surface area contributed by atoms with Gasteiger partial charge in [-0.3, -0.25) is 9.59 Å². The van der Waals surface area contributed by atoms with Crippen LogP contribution in [0.15, 0.2) is 12.1 Å². The third-order valence-electron chi connectivity index (χ3n) is 5.15. The van der Waals surface area contributed by atoms with Crippen molar-refractivity contribution in [3.8, 4) is 0 Å². The molecule has 2 N–H and O–H groups in total. The fourth-order valence-corrected chi connectivity index (χ4v) is 4.16. The minimum atomic E-state index is -0.247. The Kier molecular flexibility index (Phi) is 4.63. The number of amides is 2. The van der Waals surface area contributed by atoms with E-state index >= 15 is 0 Å². The van der Waals surface area contributed by atoms with E-state index in [-0.39, 0.29) is 23.8 Å². The van der Waals surface area contributed by atoms with Crippen LogP contribution >= 0.6 is 0 Å². The van der Waals surface area contributed by atoms with Crippen LogP contribution in [-0.2, 0) is 9.59 Å². The zero-order valence-corrected chi connectivity index (χ0v) is 14.8. The molecule has 0 radical (unpaired) electrons. The predicted molar refractivity (Wildman–Crippen MR) is 94.9 cm³/mol. The maximum Gasteiger partial charge on any atom is 0.228 e. The second-order valence-electron chi connectivity index (χ2n) is 7.34. The first-order valence-corrected chi connectivity index (χ1v) is 8.79. The molecule has 0 unspecified atom stereocenters. The van der Waals surface area contributed by atoms with E-state index in [1.807, 2.05) is 18.7 Å². The largest absolute Gasteiger partial charge is 0.341 e. The molecule has 5 heteroatoms. The van der Waals surface area contributed by atoms with Crippen molar-refractivity contribution >= 4 is 17.5 Å². The quantitative estimate of drug-likeness (QED) is 0.901. The minimum absolute atomic E-state index is 0.0460. The SMILES string of the molecule is Cc1cc(C)c(N2C[C@H](C(=O)N3CCC[C@@H](N)C3)CC2=O)c(C)c1. The van der Waals surface area contributed by atoms with Gasteiger partial charge in [0, 0.05) is 37.8 Å². The lowest BCUT2D eigenvalue weighted by atomic mass is 10.0. The van der Waals surface area contributed by atoms with Gasteiger partial charge >= 0.3 is 0 Å². The third-order valence-corrected chi connectivity index (χ3v) is 5.15. The van der Waals surface area contributed by atoms with Crippen molar-refractivity contribution in [2.45, 2.75) is 46.1 Å². The molecule has 0 aliphatic carbocycles. The maximum atomic E-state index is 12.8. The summed E-state index contributed by atoms with van der Waals surface area (Å²) in [6.45, 7) is 7.98. The molecule has 1 aromatic carbocycles. The summed E-state index contributed by atoms with van der Waals surface area (Å²) in [5.41, 5.74) is 10.3. The summed E-state index contributed by atoms with van der Waals surface area (Å²) in [4.78, 5) is 29.0. The molecule has 2 aliphatic rings. The van der Waals surface area contributed by atoms with Crippen LogP contribution in [-0.4, -0.2) is 42.4 Å². The standard InChI is InChI=1S/C19H27N3O2/c1-12-7-13(2)18(14(3)8-12)22-10-15(9-17(22)23)19(24)21-6-4-5-16(20)11-21/h7-8,15-16H,4-6,9-11,20H2,1-3H3/t15-,16-/m1/s1. The molecule has 0 spiro atoms. The van der Waals surface area contributed by atoms with Gasteiger partial charge in [-0.2, -0.15) is 0 Å². The van der Waals surface area contributed by atoms with Gasteiger partial charge in [0.05, 0.1) is 5.92 Å². The van der Waals surface area contributed by atoms with Crippen LogP contribution in [0.5, 0.6) is 0 Å². The molecular formula is C19H27N3O2. The molecule has 3 rings (SSSR count). The molecule has 1 aromatic rings. The molecular weight excluding hydrogens is 302 g/mol. The first kappa shape index (κ1) is 17.0. The van der Waals surface area contributed by atoms with Gasteiger partial charge in [0.15, 0.2) is 0 Å². The van der Waals surface area contributed by atoms with Crippen LogP contribution in [0.3, 0.4) is 0 Å². The van der Waals surface area contributed by atoms with Gasteiger partial charge in [0.25, 0.3) is 0 Å². The Morgan fingerprint density at radius 2 is 1.83 bits per heavy atom. The molecule has 2 amide bonds. The number of hydrogen-bond donors (Lipinski definition) is 1. The molecule has 2 saturated heterocycles. The number of hydrogen-bond acceptors (Lipinski definition) is 3. The van der Waals surface area contributed by atoms with Crippen LogP contribution in [0.2, 0.25) is 0 Å². The van der Waals surface area contributed by atoms with Crippen LogP contribution in [0, 0.1) is 26.7 Å². The Morgan fingerprint density at radius 3 is 2.46 bits per heavy atom. The molecule has 2 heterocycles. The Hall–Kier alpha value is -1.88. The number of anilines is 1. The molecule has 0 bridgehead atoms. The van der Waals surface area contributed by atoms with Gasteiger partial charge in [-0.15, -0.1) is 0 Å². The molecule has 0 aromatic heterocycles. The van der Waals surface area contributed by atoms with Crippen molar-refractivity contribution < 1.29 is 9.59 Å². The van der Waals surface area contributed by atoms with E-state index in [1.165, 1.54) is 5.56 Å². The molecule has 2 fully saturated rings. The van der Waals surface area contributed by atoms with E-state index in [0.29, 0.717) is 19.5 Å². The predicted octanol–water partition coefficient (Wildman–Crippen LogP) is 1.91. The van der Waals surface area contributed by atoms with Crippen LogP contribution in [0.1, 0.15) is 36.0 Å². The smallest absolute Gasteiger partial charge is 0.228 e. The highest BCUT2D eigenvalue weighted by molar-refractivity contribution is 6.01. The topological polar surface area (TPSA) is 66.6 Å². The number of nitrogens with zero attached hydrogens (tertiary/aromatic N) is 2. The van der Waals surface area contributed by atoms with E-state index in [9.17, 15) is 9.59 Å². The Labute approximate surface area is 143 Å². The lowest BCUT2D eigenvalue weighted by Gasteiger charge is -2.32. The van der Waals surface area contributed by atoms with Gasteiger partial charge in [0.1, 0.15) is 0 Å². The van der Waals surface area contributed by atoms with Crippen molar-refractivity contribution in [1.29, 1.82) is 0 Å². The van der Waals surface area contributed by atoms with Crippen molar-refractivity contribution in [3.05, 3.63) is 28.8 Å². The van der Waals surface area contributed by atoms with Crippen LogP contribution in [0.4, 0.5) is 5.69 Å². The van der Waals surface area contributed by atoms with Crippen molar-refractivity contribution in [1.82, 2.24) is 4.90 Å². The van der Waals surface area contributed by atoms with Crippen molar-refractivity contribution in [2.24, 2.45) is 11.7 Å². The van der Waals surface area contributed by atoms with E-state index in [2.05, 4.69) is 19.1 Å². The van der Waals surface area contributed by atoms with E-state index < -0.39 is 0 Å². The lowest BCUT2D eigenvalue weighted by Crippen LogP contribution is -2.48. The van der Waals surface area contributed by atoms with Gasteiger partial charge in [-0.1, -0.05) is 17.7 Å². The highest BCUT2D eigenvalue weighted by Gasteiger charge is 2.38. The highest BCUT2D eigenvalue weighted by atomic mass is 16.2. The van der Waals surface area contributed by atoms with E-state index in [0.717, 1.165) is 36.2 Å². The number of piperidine rings is 1. The van der Waals surface area contributed by atoms with Crippen molar-refractivity contribution in [2.75, 3.05) is 24.5 Å². The molecule has 5 nitrogen and oxygen atoms in total. The van der Waals surface area contributed by atoms with Crippen LogP contribution < -0.4 is 10.6 Å². The van der Waals surface area contributed by atoms with Gasteiger partial charge in [-0.25, -0.2) is 0 Å². The summed E-state index contributed by atoms with van der Waals surface area (Å²) < 4.78 is 0. The number of aryl methyl sites for hydroxylation is 3. The highest BCUT2D eigenvalue weighted by Crippen LogP contribution is 2.32. The summed E-state index contributed by atoms with van der Waals surface area (Å²) in [5, 5.41) is 0. The maximum absolute atomic E-state index is 12.8. The summed E-state index contributed by atoms with van der Waals surface area (Å²) in [6.07, 6.45) is 2.23. The fourth-order valence-electron chi connectivity index (χ4n) is 4.16. The zero-order chi connectivity index (χ0) is 17.4. The molecule has 2 atom stereocenters. The Morgan fingerprint density at radius 1 is 1.17 bits per heavy atom. The first-order chi connectivity index (χ1) is 11.4. The average Bonchev–Trinajstić information content (AvgIpc) is 2.87. The monoisotopic (exact) mass is 329 g/mol. The minimum Gasteiger partial charge on any atom is -0.341 e. The number of rotatable bonds is 2. The first-order valence-electron chi connectivity index (χ1n) is 8.79.